The third kappa shape index (κ3) is 3.70. The Kier molecular flexibility index (Phi) is 4.52. The Morgan fingerprint density at radius 1 is 1.24 bits per heavy atom. The molecule has 2 heterocycles. The molecule has 0 spiro atoms. The quantitative estimate of drug-likeness (QED) is 0.606. The topological polar surface area (TPSA) is 106 Å². The molecular formula is C13H22N2O6. The first-order valence-corrected chi connectivity index (χ1v) is 6.90. The standard InChI is InChI=1S/C13H22N2O6/c1-6(16)14-5-8(18)10-9(15-7(2)17)11-12(19-10)21-13(3,4)20-11/h8-12,18H,5H2,1-4H3,(H,14,16)(H,15,17)/t8-,9+,10-,11-,12-/m1/s1. The first-order chi connectivity index (χ1) is 9.69. The minimum absolute atomic E-state index is 0.0267. The number of aliphatic hydroxyl groups excluding tert-OH is 1. The normalized spacial score (nSPS) is 35.1. The van der Waals surface area contributed by atoms with Crippen LogP contribution in [0.5, 0.6) is 0 Å². The number of fused-ring (bicyclic) bond motifs is 1. The van der Waals surface area contributed by atoms with E-state index in [0.29, 0.717) is 0 Å². The van der Waals surface area contributed by atoms with Gasteiger partial charge in [0.05, 0.1) is 12.1 Å². The predicted molar refractivity (Wildman–Crippen MR) is 71.0 cm³/mol. The zero-order chi connectivity index (χ0) is 15.8. The Balaban J connectivity index is 2.07. The van der Waals surface area contributed by atoms with Crippen LogP contribution in [0, 0.1) is 0 Å². The average molecular weight is 302 g/mol. The molecule has 2 fully saturated rings. The Morgan fingerprint density at radius 3 is 2.48 bits per heavy atom. The largest absolute Gasteiger partial charge is 0.388 e. The van der Waals surface area contributed by atoms with E-state index in [9.17, 15) is 14.7 Å². The van der Waals surface area contributed by atoms with Crippen molar-refractivity contribution in [1.82, 2.24) is 10.6 Å². The van der Waals surface area contributed by atoms with Crippen molar-refractivity contribution in [2.24, 2.45) is 0 Å². The number of carbonyl (C=O) groups excluding carboxylic acids is 2. The molecule has 0 aromatic rings. The molecule has 2 amide bonds. The van der Waals surface area contributed by atoms with E-state index in [1.807, 2.05) is 0 Å². The fourth-order valence-electron chi connectivity index (χ4n) is 2.63. The maximum Gasteiger partial charge on any atom is 0.217 e. The van der Waals surface area contributed by atoms with E-state index in [1.54, 1.807) is 13.8 Å². The van der Waals surface area contributed by atoms with Crippen LogP contribution >= 0.6 is 0 Å². The van der Waals surface area contributed by atoms with E-state index >= 15 is 0 Å². The molecule has 2 saturated heterocycles. The molecule has 0 radical (unpaired) electrons. The van der Waals surface area contributed by atoms with Gasteiger partial charge in [-0.25, -0.2) is 0 Å². The zero-order valence-corrected chi connectivity index (χ0v) is 12.6. The summed E-state index contributed by atoms with van der Waals surface area (Å²) in [6, 6.07) is -0.543. The summed E-state index contributed by atoms with van der Waals surface area (Å²) in [7, 11) is 0. The third-order valence-electron chi connectivity index (χ3n) is 3.40. The highest BCUT2D eigenvalue weighted by Crippen LogP contribution is 2.38. The molecule has 0 bridgehead atoms. The first-order valence-electron chi connectivity index (χ1n) is 6.90. The highest BCUT2D eigenvalue weighted by molar-refractivity contribution is 5.73. The summed E-state index contributed by atoms with van der Waals surface area (Å²) in [5.41, 5.74) is 0. The Bertz CT molecular complexity index is 427. The second kappa shape index (κ2) is 5.88. The highest BCUT2D eigenvalue weighted by Gasteiger charge is 2.56. The number of rotatable bonds is 4. The zero-order valence-electron chi connectivity index (χ0n) is 12.6. The minimum atomic E-state index is -0.980. The van der Waals surface area contributed by atoms with Crippen LogP contribution in [0.3, 0.4) is 0 Å². The molecule has 2 rings (SSSR count). The van der Waals surface area contributed by atoms with Crippen LogP contribution in [0.15, 0.2) is 0 Å². The number of aliphatic hydroxyl groups is 1. The predicted octanol–water partition coefficient (Wildman–Crippen LogP) is -1.14. The number of amides is 2. The number of carbonyl (C=O) groups is 2. The van der Waals surface area contributed by atoms with Crippen molar-refractivity contribution >= 4 is 11.8 Å². The summed E-state index contributed by atoms with van der Waals surface area (Å²) in [6.45, 7) is 6.27. The van der Waals surface area contributed by atoms with E-state index in [-0.39, 0.29) is 18.4 Å². The van der Waals surface area contributed by atoms with E-state index in [4.69, 9.17) is 14.2 Å². The summed E-state index contributed by atoms with van der Waals surface area (Å²) in [4.78, 5) is 22.3. The van der Waals surface area contributed by atoms with Gasteiger partial charge in [-0.1, -0.05) is 0 Å². The molecule has 0 unspecified atom stereocenters. The molecule has 0 aromatic carbocycles. The lowest BCUT2D eigenvalue weighted by Crippen LogP contribution is -2.53. The van der Waals surface area contributed by atoms with Gasteiger partial charge in [-0.2, -0.15) is 0 Å². The van der Waals surface area contributed by atoms with Gasteiger partial charge in [-0.15, -0.1) is 0 Å². The second-order valence-corrected chi connectivity index (χ2v) is 5.80. The van der Waals surface area contributed by atoms with E-state index in [2.05, 4.69) is 10.6 Å². The molecule has 0 aliphatic carbocycles. The molecule has 0 aromatic heterocycles. The van der Waals surface area contributed by atoms with Crippen molar-refractivity contribution < 1.29 is 28.9 Å². The second-order valence-electron chi connectivity index (χ2n) is 5.80. The summed E-state index contributed by atoms with van der Waals surface area (Å²) in [6.07, 6.45) is -2.85. The van der Waals surface area contributed by atoms with Gasteiger partial charge < -0.3 is 30.0 Å². The lowest BCUT2D eigenvalue weighted by Gasteiger charge is -2.28. The van der Waals surface area contributed by atoms with E-state index in [0.717, 1.165) is 0 Å². The Hall–Kier alpha value is -1.22. The van der Waals surface area contributed by atoms with Gasteiger partial charge in [0, 0.05) is 20.4 Å². The highest BCUT2D eigenvalue weighted by atomic mass is 16.8. The van der Waals surface area contributed by atoms with Crippen LogP contribution in [0.1, 0.15) is 27.7 Å². The summed E-state index contributed by atoms with van der Waals surface area (Å²) in [5.74, 6) is -1.31. The van der Waals surface area contributed by atoms with Gasteiger partial charge in [-0.05, 0) is 13.8 Å². The van der Waals surface area contributed by atoms with Crippen molar-refractivity contribution in [3.8, 4) is 0 Å². The fourth-order valence-corrected chi connectivity index (χ4v) is 2.63. The van der Waals surface area contributed by atoms with Crippen LogP contribution in [0.25, 0.3) is 0 Å². The molecule has 5 atom stereocenters. The molecular weight excluding hydrogens is 280 g/mol. The number of hydrogen-bond donors (Lipinski definition) is 3. The monoisotopic (exact) mass is 302 g/mol. The smallest absolute Gasteiger partial charge is 0.217 e. The molecule has 8 nitrogen and oxygen atoms in total. The number of hydrogen-bond acceptors (Lipinski definition) is 6. The fraction of sp³-hybridized carbons (Fsp3) is 0.846. The maximum absolute atomic E-state index is 11.4. The lowest BCUT2D eigenvalue weighted by molar-refractivity contribution is -0.216. The van der Waals surface area contributed by atoms with Crippen LogP contribution in [0.4, 0.5) is 0 Å². The molecule has 3 N–H and O–H groups in total. The molecule has 0 saturated carbocycles. The van der Waals surface area contributed by atoms with Crippen LogP contribution in [-0.4, -0.2) is 59.9 Å². The van der Waals surface area contributed by atoms with Crippen molar-refractivity contribution in [1.29, 1.82) is 0 Å². The first kappa shape index (κ1) is 16.2. The Labute approximate surface area is 123 Å². The Morgan fingerprint density at radius 2 is 1.90 bits per heavy atom. The molecule has 21 heavy (non-hydrogen) atoms. The van der Waals surface area contributed by atoms with E-state index in [1.165, 1.54) is 13.8 Å². The third-order valence-corrected chi connectivity index (χ3v) is 3.40. The molecule has 120 valence electrons. The van der Waals surface area contributed by atoms with Crippen molar-refractivity contribution in [2.75, 3.05) is 6.54 Å². The summed E-state index contributed by atoms with van der Waals surface area (Å²) in [5, 5.41) is 15.4. The SMILES string of the molecule is CC(=O)NC[C@@H](O)[C@H]1O[C@@H]2OC(C)(C)O[C@@H]2[C@H]1NC(C)=O. The minimum Gasteiger partial charge on any atom is -0.388 e. The lowest BCUT2D eigenvalue weighted by atomic mass is 10.0. The summed E-state index contributed by atoms with van der Waals surface area (Å²) >= 11 is 0. The van der Waals surface area contributed by atoms with Gasteiger partial charge in [0.25, 0.3) is 0 Å². The van der Waals surface area contributed by atoms with Gasteiger partial charge in [0.15, 0.2) is 12.1 Å². The number of ether oxygens (including phenoxy) is 3. The van der Waals surface area contributed by atoms with Crippen LogP contribution < -0.4 is 10.6 Å². The number of nitrogens with one attached hydrogen (secondary N) is 2. The van der Waals surface area contributed by atoms with Gasteiger partial charge in [-0.3, -0.25) is 9.59 Å². The van der Waals surface area contributed by atoms with Crippen LogP contribution in [0.2, 0.25) is 0 Å². The van der Waals surface area contributed by atoms with Gasteiger partial charge >= 0.3 is 0 Å². The van der Waals surface area contributed by atoms with Crippen molar-refractivity contribution in [3.05, 3.63) is 0 Å². The van der Waals surface area contributed by atoms with Gasteiger partial charge in [0.1, 0.15) is 12.2 Å². The average Bonchev–Trinajstić information content (AvgIpc) is 2.79. The molecule has 2 aliphatic heterocycles. The molecule has 8 heteroatoms. The van der Waals surface area contributed by atoms with Crippen LogP contribution in [-0.2, 0) is 23.8 Å². The summed E-state index contributed by atoms with van der Waals surface area (Å²) < 4.78 is 17.0. The van der Waals surface area contributed by atoms with E-state index < -0.39 is 36.4 Å². The van der Waals surface area contributed by atoms with Crippen molar-refractivity contribution in [3.63, 3.8) is 0 Å². The molecule has 2 aliphatic rings. The maximum atomic E-state index is 11.4. The van der Waals surface area contributed by atoms with Gasteiger partial charge in [0.2, 0.25) is 11.8 Å². The van der Waals surface area contributed by atoms with Crippen molar-refractivity contribution in [2.45, 2.75) is 64.1 Å².